The molecule has 2 aliphatic heterocycles. The van der Waals surface area contributed by atoms with Gasteiger partial charge in [-0.2, -0.15) is 13.2 Å². The zero-order chi connectivity index (χ0) is 26.6. The van der Waals surface area contributed by atoms with Gasteiger partial charge >= 0.3 is 6.18 Å². The van der Waals surface area contributed by atoms with Crippen LogP contribution in [0, 0.1) is 4.91 Å². The van der Waals surface area contributed by atoms with E-state index in [1.807, 2.05) is 6.07 Å². The quantitative estimate of drug-likeness (QED) is 0.338. The highest BCUT2D eigenvalue weighted by molar-refractivity contribution is 6.31. The zero-order valence-corrected chi connectivity index (χ0v) is 20.8. The monoisotopic (exact) mass is 542 g/mol. The molecule has 2 aromatic rings. The summed E-state index contributed by atoms with van der Waals surface area (Å²) >= 11 is 5.99. The topological polar surface area (TPSA) is 65.5 Å². The Morgan fingerprint density at radius 1 is 0.973 bits per heavy atom. The first-order valence-electron chi connectivity index (χ1n) is 12.0. The Morgan fingerprint density at radius 3 is 2.22 bits per heavy atom. The highest BCUT2D eigenvalue weighted by atomic mass is 35.5. The maximum atomic E-state index is 13.2. The SMILES string of the molecule is O=Nc1ccc(N2CCC(OCC(=O)N3CCN(c4ccc(Cl)c(CF)c4)CC3)CC2)cc1C(F)(F)F. The van der Waals surface area contributed by atoms with Crippen LogP contribution in [0.1, 0.15) is 24.0 Å². The van der Waals surface area contributed by atoms with Crippen molar-refractivity contribution in [2.45, 2.75) is 31.8 Å². The minimum Gasteiger partial charge on any atom is -0.371 e. The molecule has 0 unspecified atom stereocenters. The van der Waals surface area contributed by atoms with Crippen molar-refractivity contribution in [1.82, 2.24) is 4.90 Å². The fraction of sp³-hybridized carbons (Fsp3) is 0.480. The van der Waals surface area contributed by atoms with Crippen molar-refractivity contribution >= 4 is 34.6 Å². The molecule has 12 heteroatoms. The number of anilines is 2. The molecule has 0 spiro atoms. The molecule has 0 saturated carbocycles. The van der Waals surface area contributed by atoms with Crippen LogP contribution >= 0.6 is 11.6 Å². The number of halogens is 5. The van der Waals surface area contributed by atoms with Gasteiger partial charge in [-0.3, -0.25) is 4.79 Å². The second-order valence-electron chi connectivity index (χ2n) is 9.07. The standard InChI is InChI=1S/C25H27ClF4N4O3/c26-22-3-1-18(13-17(22)15-27)33-9-11-34(12-10-33)24(35)16-37-20-5-7-32(8-6-20)19-2-4-23(31-36)21(14-19)25(28,29)30/h1-4,13-14,20H,5-12,15-16H2. The number of benzene rings is 2. The summed E-state index contributed by atoms with van der Waals surface area (Å²) in [5.41, 5.74) is -0.0135. The summed E-state index contributed by atoms with van der Waals surface area (Å²) in [7, 11) is 0. The first-order chi connectivity index (χ1) is 17.7. The van der Waals surface area contributed by atoms with Crippen LogP contribution in [0.15, 0.2) is 41.6 Å². The highest BCUT2D eigenvalue weighted by Gasteiger charge is 2.35. The molecule has 0 N–H and O–H groups in total. The maximum absolute atomic E-state index is 13.2. The minimum atomic E-state index is -4.67. The molecule has 4 rings (SSSR count). The molecule has 2 fully saturated rings. The minimum absolute atomic E-state index is 0.0600. The molecule has 7 nitrogen and oxygen atoms in total. The van der Waals surface area contributed by atoms with Crippen molar-refractivity contribution in [1.29, 1.82) is 0 Å². The van der Waals surface area contributed by atoms with E-state index in [9.17, 15) is 27.3 Å². The number of nitroso groups, excluding NO2 is 1. The van der Waals surface area contributed by atoms with Gasteiger partial charge < -0.3 is 19.4 Å². The Balaban J connectivity index is 1.23. The molecule has 0 bridgehead atoms. The van der Waals surface area contributed by atoms with Gasteiger partial charge in [0.15, 0.2) is 0 Å². The first-order valence-corrected chi connectivity index (χ1v) is 12.4. The number of carbonyl (C=O) groups is 1. The van der Waals surface area contributed by atoms with Crippen LogP contribution < -0.4 is 9.80 Å². The number of rotatable bonds is 7. The van der Waals surface area contributed by atoms with Gasteiger partial charge in [-0.1, -0.05) is 11.6 Å². The highest BCUT2D eigenvalue weighted by Crippen LogP contribution is 2.39. The number of nitrogens with zero attached hydrogens (tertiary/aromatic N) is 4. The van der Waals surface area contributed by atoms with Crippen LogP contribution in [-0.4, -0.2) is 62.8 Å². The molecular formula is C25H27ClF4N4O3. The van der Waals surface area contributed by atoms with Crippen molar-refractivity contribution in [2.24, 2.45) is 5.18 Å². The summed E-state index contributed by atoms with van der Waals surface area (Å²) in [6.07, 6.45) is -3.72. The van der Waals surface area contributed by atoms with Gasteiger partial charge in [0, 0.05) is 61.2 Å². The molecule has 200 valence electrons. The Kier molecular flexibility index (Phi) is 8.53. The zero-order valence-electron chi connectivity index (χ0n) is 20.0. The van der Waals surface area contributed by atoms with E-state index in [-0.39, 0.29) is 18.6 Å². The lowest BCUT2D eigenvalue weighted by Gasteiger charge is -2.37. The van der Waals surface area contributed by atoms with Gasteiger partial charge in [0.05, 0.1) is 11.7 Å². The number of ether oxygens (including phenoxy) is 1. The second kappa shape index (κ2) is 11.6. The van der Waals surface area contributed by atoms with E-state index in [0.717, 1.165) is 17.8 Å². The van der Waals surface area contributed by atoms with Crippen molar-refractivity contribution in [3.8, 4) is 0 Å². The van der Waals surface area contributed by atoms with E-state index in [4.69, 9.17) is 16.3 Å². The van der Waals surface area contributed by atoms with Gasteiger partial charge in [-0.05, 0) is 54.4 Å². The number of hydrogen-bond donors (Lipinski definition) is 0. The Morgan fingerprint density at radius 2 is 1.59 bits per heavy atom. The smallest absolute Gasteiger partial charge is 0.371 e. The second-order valence-corrected chi connectivity index (χ2v) is 9.47. The molecule has 1 amide bonds. The summed E-state index contributed by atoms with van der Waals surface area (Å²) in [4.78, 5) is 29.0. The van der Waals surface area contributed by atoms with E-state index < -0.39 is 24.1 Å². The van der Waals surface area contributed by atoms with Crippen molar-refractivity contribution in [2.75, 3.05) is 55.7 Å². The van der Waals surface area contributed by atoms with Crippen LogP contribution in [-0.2, 0) is 22.4 Å². The average molecular weight is 543 g/mol. The molecular weight excluding hydrogens is 516 g/mol. The molecule has 0 aliphatic carbocycles. The van der Waals surface area contributed by atoms with Crippen LogP contribution in [0.4, 0.5) is 34.6 Å². The summed E-state index contributed by atoms with van der Waals surface area (Å²) < 4.78 is 58.6. The van der Waals surface area contributed by atoms with E-state index in [1.54, 1.807) is 21.9 Å². The Hall–Kier alpha value is -2.92. The number of amides is 1. The van der Waals surface area contributed by atoms with Crippen LogP contribution in [0.3, 0.4) is 0 Å². The molecule has 0 aromatic heterocycles. The van der Waals surface area contributed by atoms with E-state index in [1.165, 1.54) is 6.07 Å². The third kappa shape index (κ3) is 6.51. The number of piperazine rings is 1. The summed E-state index contributed by atoms with van der Waals surface area (Å²) in [5.74, 6) is -0.116. The average Bonchev–Trinajstić information content (AvgIpc) is 2.91. The number of piperidine rings is 1. The lowest BCUT2D eigenvalue weighted by molar-refractivity contribution is -0.139. The predicted octanol–water partition coefficient (Wildman–Crippen LogP) is 5.56. The third-order valence-corrected chi connectivity index (χ3v) is 7.17. The largest absolute Gasteiger partial charge is 0.418 e. The molecule has 2 aromatic carbocycles. The molecule has 0 atom stereocenters. The number of alkyl halides is 4. The summed E-state index contributed by atoms with van der Waals surface area (Å²) in [5, 5.41) is 2.87. The third-order valence-electron chi connectivity index (χ3n) is 6.80. The van der Waals surface area contributed by atoms with Gasteiger partial charge in [0.1, 0.15) is 19.0 Å². The van der Waals surface area contributed by atoms with Crippen molar-refractivity contribution in [3.05, 3.63) is 57.5 Å². The van der Waals surface area contributed by atoms with Crippen molar-refractivity contribution in [3.63, 3.8) is 0 Å². The lowest BCUT2D eigenvalue weighted by atomic mass is 10.1. The van der Waals surface area contributed by atoms with Crippen LogP contribution in [0.2, 0.25) is 5.02 Å². The Labute approximate surface area is 216 Å². The first kappa shape index (κ1) is 27.1. The fourth-order valence-electron chi connectivity index (χ4n) is 4.66. The molecule has 2 aliphatic rings. The number of carbonyl (C=O) groups excluding carboxylic acids is 1. The van der Waals surface area contributed by atoms with E-state index >= 15 is 0 Å². The van der Waals surface area contributed by atoms with Crippen molar-refractivity contribution < 1.29 is 27.1 Å². The van der Waals surface area contributed by atoms with Gasteiger partial charge in [0.25, 0.3) is 0 Å². The Bertz CT molecular complexity index is 1120. The molecule has 37 heavy (non-hydrogen) atoms. The number of hydrogen-bond acceptors (Lipinski definition) is 6. The van der Waals surface area contributed by atoms with Crippen LogP contribution in [0.25, 0.3) is 0 Å². The molecule has 2 heterocycles. The summed E-state index contributed by atoms with van der Waals surface area (Å²) in [6.45, 7) is 2.47. The van der Waals surface area contributed by atoms with Crippen LogP contribution in [0.5, 0.6) is 0 Å². The lowest BCUT2D eigenvalue weighted by Crippen LogP contribution is -2.50. The van der Waals surface area contributed by atoms with Gasteiger partial charge in [0.2, 0.25) is 5.91 Å². The van der Waals surface area contributed by atoms with E-state index in [2.05, 4.69) is 10.1 Å². The normalized spacial score (nSPS) is 17.3. The maximum Gasteiger partial charge on any atom is 0.418 e. The predicted molar refractivity (Wildman–Crippen MR) is 133 cm³/mol. The molecule has 2 saturated heterocycles. The van der Waals surface area contributed by atoms with Gasteiger partial charge in [-0.15, -0.1) is 4.91 Å². The molecule has 0 radical (unpaired) electrons. The summed E-state index contributed by atoms with van der Waals surface area (Å²) in [6, 6.07) is 8.73. The van der Waals surface area contributed by atoms with Gasteiger partial charge in [-0.25, -0.2) is 4.39 Å². The van der Waals surface area contributed by atoms with E-state index in [0.29, 0.717) is 68.4 Å². The fourth-order valence-corrected chi connectivity index (χ4v) is 4.83.